The average molecular weight is 745 g/mol. The Bertz CT molecular complexity index is 1780. The van der Waals surface area contributed by atoms with Crippen LogP contribution in [0.4, 0.5) is 23.9 Å². The molecular formula is C39H55F3N6O3S. The standard InChI is InChI=1S/C39H55F3N6O3S/c1-8-10-12-14-16-18-22-47(23-19-17-15-13-11-9-2)32-21-20-28(52-32)26-30-34(38(3,4)5)46-48-35(44-45-36(30)48)29-24-27(50-6)25-31(51-7)33(29)43-37(49)39(40,41)42/h20-21,24-26H,8-19,22-23H2,1-7H3,(H,43,49). The van der Waals surface area contributed by atoms with Crippen LogP contribution in [-0.2, 0) is 10.2 Å². The zero-order valence-corrected chi connectivity index (χ0v) is 32.6. The minimum atomic E-state index is -5.12. The molecule has 4 aromatic rings. The van der Waals surface area contributed by atoms with Gasteiger partial charge in [0.25, 0.3) is 0 Å². The van der Waals surface area contributed by atoms with E-state index in [4.69, 9.17) is 14.6 Å². The molecule has 0 saturated heterocycles. The molecule has 1 N–H and O–H groups in total. The number of unbranched alkanes of at least 4 members (excludes halogenated alkanes) is 10. The lowest BCUT2D eigenvalue weighted by atomic mass is 9.91. The van der Waals surface area contributed by atoms with Crippen molar-refractivity contribution in [2.45, 2.75) is 123 Å². The van der Waals surface area contributed by atoms with Crippen molar-refractivity contribution < 1.29 is 27.4 Å². The van der Waals surface area contributed by atoms with Crippen LogP contribution in [0.5, 0.6) is 11.5 Å². The van der Waals surface area contributed by atoms with Gasteiger partial charge in [-0.2, -0.15) is 22.8 Å². The van der Waals surface area contributed by atoms with E-state index < -0.39 is 17.5 Å². The molecule has 9 nitrogen and oxygen atoms in total. The lowest BCUT2D eigenvalue weighted by Crippen LogP contribution is -2.30. The fourth-order valence-electron chi connectivity index (χ4n) is 6.25. The number of nitrogens with zero attached hydrogens (tertiary/aromatic N) is 5. The first kappa shape index (κ1) is 40.9. The topological polar surface area (TPSA) is 93.9 Å². The van der Waals surface area contributed by atoms with Crippen LogP contribution in [0.1, 0.15) is 122 Å². The molecule has 3 aromatic heterocycles. The summed E-state index contributed by atoms with van der Waals surface area (Å²) in [5.74, 6) is -1.75. The Morgan fingerprint density at radius 3 is 2.06 bits per heavy atom. The summed E-state index contributed by atoms with van der Waals surface area (Å²) in [7, 11) is 2.72. The number of hydrogen-bond donors (Lipinski definition) is 1. The summed E-state index contributed by atoms with van der Waals surface area (Å²) in [6.07, 6.45) is 12.0. The molecule has 0 aliphatic carbocycles. The Hall–Kier alpha value is -3.87. The second-order valence-corrected chi connectivity index (χ2v) is 15.4. The Morgan fingerprint density at radius 2 is 1.50 bits per heavy atom. The molecular weight excluding hydrogens is 690 g/mol. The molecule has 0 aliphatic rings. The number of fused-ring (bicyclic) bond motifs is 1. The third kappa shape index (κ3) is 10.6. The van der Waals surface area contributed by atoms with Gasteiger partial charge in [-0.3, -0.25) is 4.79 Å². The summed E-state index contributed by atoms with van der Waals surface area (Å²) in [6, 6.07) is 7.19. The van der Waals surface area contributed by atoms with Gasteiger partial charge in [0, 0.05) is 34.7 Å². The number of benzene rings is 1. The van der Waals surface area contributed by atoms with E-state index in [0.29, 0.717) is 11.4 Å². The van der Waals surface area contributed by atoms with Gasteiger partial charge in [-0.1, -0.05) is 98.8 Å². The number of carbonyl (C=O) groups is 1. The number of ether oxygens (including phenoxy) is 2. The number of methoxy groups -OCH3 is 2. The minimum Gasteiger partial charge on any atom is -0.497 e. The molecule has 0 fully saturated rings. The zero-order chi connectivity index (χ0) is 37.9. The van der Waals surface area contributed by atoms with Crippen molar-refractivity contribution in [3.8, 4) is 22.9 Å². The second kappa shape index (κ2) is 18.8. The Kier molecular flexibility index (Phi) is 14.7. The summed E-state index contributed by atoms with van der Waals surface area (Å²) in [5, 5.41) is 17.7. The Morgan fingerprint density at radius 1 is 0.885 bits per heavy atom. The molecule has 0 atom stereocenters. The van der Waals surface area contributed by atoms with Gasteiger partial charge < -0.3 is 19.7 Å². The van der Waals surface area contributed by atoms with Gasteiger partial charge in [0.05, 0.1) is 36.2 Å². The predicted octanol–water partition coefficient (Wildman–Crippen LogP) is 9.74. The third-order valence-electron chi connectivity index (χ3n) is 9.09. The predicted molar refractivity (Wildman–Crippen MR) is 205 cm³/mol. The van der Waals surface area contributed by atoms with E-state index in [0.717, 1.165) is 28.9 Å². The number of anilines is 2. The Balaban J connectivity index is 1.73. The monoisotopic (exact) mass is 744 g/mol. The third-order valence-corrected chi connectivity index (χ3v) is 10.2. The summed E-state index contributed by atoms with van der Waals surface area (Å²) in [5.41, 5.74) is 0.681. The minimum absolute atomic E-state index is 0.0318. The van der Waals surface area contributed by atoms with Gasteiger partial charge in [-0.05, 0) is 37.1 Å². The van der Waals surface area contributed by atoms with Crippen molar-refractivity contribution >= 4 is 39.7 Å². The summed E-state index contributed by atoms with van der Waals surface area (Å²) in [4.78, 5) is 15.7. The maximum Gasteiger partial charge on any atom is 0.471 e. The van der Waals surface area contributed by atoms with Gasteiger partial charge in [0.2, 0.25) is 0 Å². The molecule has 52 heavy (non-hydrogen) atoms. The lowest BCUT2D eigenvalue weighted by Gasteiger charge is -2.23. The highest BCUT2D eigenvalue weighted by molar-refractivity contribution is 7.16. The molecule has 0 radical (unpaired) electrons. The van der Waals surface area contributed by atoms with E-state index in [1.807, 2.05) is 26.1 Å². The van der Waals surface area contributed by atoms with Crippen LogP contribution in [0.2, 0.25) is 0 Å². The quantitative estimate of drug-likeness (QED) is 0.0901. The van der Waals surface area contributed by atoms with Crippen molar-refractivity contribution in [2.24, 2.45) is 0 Å². The lowest BCUT2D eigenvalue weighted by molar-refractivity contribution is -0.167. The highest BCUT2D eigenvalue weighted by atomic mass is 32.1. The highest BCUT2D eigenvalue weighted by Crippen LogP contribution is 2.40. The van der Waals surface area contributed by atoms with E-state index in [1.165, 1.54) is 113 Å². The number of rotatable bonds is 20. The number of hydrogen-bond acceptors (Lipinski definition) is 8. The number of alkyl halides is 3. The Labute approximate surface area is 310 Å². The van der Waals surface area contributed by atoms with Crippen LogP contribution in [0.15, 0.2) is 24.3 Å². The first-order chi connectivity index (χ1) is 24.8. The molecule has 286 valence electrons. The highest BCUT2D eigenvalue weighted by Gasteiger charge is 2.40. The summed E-state index contributed by atoms with van der Waals surface area (Å²) in [6.45, 7) is 12.7. The van der Waals surface area contributed by atoms with E-state index in [9.17, 15) is 18.0 Å². The molecule has 3 heterocycles. The smallest absolute Gasteiger partial charge is 0.471 e. The van der Waals surface area contributed by atoms with E-state index in [-0.39, 0.29) is 22.8 Å². The molecule has 1 aromatic carbocycles. The van der Waals surface area contributed by atoms with Crippen LogP contribution >= 0.6 is 11.3 Å². The van der Waals surface area contributed by atoms with Gasteiger partial charge >= 0.3 is 12.1 Å². The van der Waals surface area contributed by atoms with Crippen molar-refractivity contribution in [1.82, 2.24) is 19.8 Å². The van der Waals surface area contributed by atoms with Crippen molar-refractivity contribution in [3.63, 3.8) is 0 Å². The number of amides is 1. The second-order valence-electron chi connectivity index (χ2n) is 14.3. The molecule has 0 spiro atoms. The number of thiophene rings is 1. The van der Waals surface area contributed by atoms with Crippen molar-refractivity contribution in [2.75, 3.05) is 37.5 Å². The van der Waals surface area contributed by atoms with Crippen LogP contribution < -0.4 is 24.9 Å². The number of nitrogens with one attached hydrogen (secondary N) is 1. The fourth-order valence-corrected chi connectivity index (χ4v) is 7.25. The maximum atomic E-state index is 13.4. The zero-order valence-electron chi connectivity index (χ0n) is 31.8. The van der Waals surface area contributed by atoms with Crippen LogP contribution in [0, 0.1) is 0 Å². The van der Waals surface area contributed by atoms with Gasteiger partial charge in [0.15, 0.2) is 11.5 Å². The van der Waals surface area contributed by atoms with Gasteiger partial charge in [-0.15, -0.1) is 21.5 Å². The molecule has 13 heteroatoms. The van der Waals surface area contributed by atoms with Crippen LogP contribution in [0.25, 0.3) is 23.1 Å². The summed E-state index contributed by atoms with van der Waals surface area (Å²) < 4.78 is 52.5. The molecule has 1 amide bonds. The number of aromatic nitrogens is 4. The van der Waals surface area contributed by atoms with E-state index >= 15 is 0 Å². The first-order valence-corrected chi connectivity index (χ1v) is 19.4. The fraction of sp³-hybridized carbons (Fsp3) is 0.590. The summed E-state index contributed by atoms with van der Waals surface area (Å²) >= 11 is 1.73. The average Bonchev–Trinajstić information content (AvgIpc) is 3.83. The van der Waals surface area contributed by atoms with Gasteiger partial charge in [-0.25, -0.2) is 0 Å². The molecule has 0 bridgehead atoms. The van der Waals surface area contributed by atoms with Crippen LogP contribution in [-0.4, -0.2) is 59.2 Å². The van der Waals surface area contributed by atoms with E-state index in [2.05, 4.69) is 47.2 Å². The SMILES string of the molecule is CCCCCCCCN(CCCCCCCC)c1ccc(C=c2c(C(C)(C)C)nn3c(-c4cc(OC)cc(OC)c4NC(=O)C(F)(F)F)nnc23)s1. The number of halogens is 3. The van der Waals surface area contributed by atoms with Crippen molar-refractivity contribution in [1.29, 1.82) is 0 Å². The molecule has 0 aliphatic heterocycles. The molecule has 0 saturated carbocycles. The van der Waals surface area contributed by atoms with Crippen molar-refractivity contribution in [3.05, 3.63) is 40.1 Å². The maximum absolute atomic E-state index is 13.4. The normalized spacial score (nSPS) is 12.5. The number of carbonyl (C=O) groups excluding carboxylic acids is 1. The first-order valence-electron chi connectivity index (χ1n) is 18.6. The molecule has 4 rings (SSSR count). The van der Waals surface area contributed by atoms with Crippen LogP contribution in [0.3, 0.4) is 0 Å². The largest absolute Gasteiger partial charge is 0.497 e. The van der Waals surface area contributed by atoms with E-state index in [1.54, 1.807) is 11.3 Å². The molecule has 0 unspecified atom stereocenters. The van der Waals surface area contributed by atoms with Gasteiger partial charge in [0.1, 0.15) is 11.5 Å².